The van der Waals surface area contributed by atoms with Crippen molar-refractivity contribution in [2.24, 2.45) is 0 Å². The highest BCUT2D eigenvalue weighted by molar-refractivity contribution is 6.02. The number of alkyl halides is 2. The van der Waals surface area contributed by atoms with Gasteiger partial charge in [0.2, 0.25) is 11.8 Å². The molecule has 0 aromatic heterocycles. The molecule has 5 nitrogen and oxygen atoms in total. The molecular formula is C18H14F4N2O3. The zero-order chi connectivity index (χ0) is 20.0. The molecule has 0 saturated heterocycles. The van der Waals surface area contributed by atoms with E-state index in [0.717, 1.165) is 19.1 Å². The Bertz CT molecular complexity index is 868. The van der Waals surface area contributed by atoms with E-state index in [9.17, 15) is 27.2 Å². The molecule has 0 saturated carbocycles. The molecule has 0 unspecified atom stereocenters. The Balaban J connectivity index is 2.06. The van der Waals surface area contributed by atoms with Crippen molar-refractivity contribution >= 4 is 29.3 Å². The number of anilines is 2. The van der Waals surface area contributed by atoms with Crippen LogP contribution in [0.2, 0.25) is 0 Å². The van der Waals surface area contributed by atoms with Gasteiger partial charge in [0.05, 0.1) is 11.4 Å². The van der Waals surface area contributed by atoms with Crippen LogP contribution in [0.4, 0.5) is 28.9 Å². The standard InChI is InChI=1S/C18H14F4N2O3/c1-10(25)23-15-9-16(14(20)8-13(15)19)24-17(26)7-4-11-2-5-12(6-3-11)27-18(21)22/h2-9,18H,1H3,(H,23,25)(H,24,26)/b7-4+. The molecule has 0 aliphatic carbocycles. The van der Waals surface area contributed by atoms with Crippen LogP contribution in [0.5, 0.6) is 5.75 Å². The zero-order valence-electron chi connectivity index (χ0n) is 13.9. The summed E-state index contributed by atoms with van der Waals surface area (Å²) in [5.74, 6) is -3.32. The van der Waals surface area contributed by atoms with Crippen molar-refractivity contribution in [3.05, 3.63) is 59.7 Å². The maximum atomic E-state index is 13.8. The Labute approximate surface area is 151 Å². The van der Waals surface area contributed by atoms with Gasteiger partial charge in [0.1, 0.15) is 17.4 Å². The van der Waals surface area contributed by atoms with Crippen LogP contribution in [0.25, 0.3) is 6.08 Å². The number of hydrogen-bond donors (Lipinski definition) is 2. The summed E-state index contributed by atoms with van der Waals surface area (Å²) in [4.78, 5) is 22.9. The Morgan fingerprint density at radius 1 is 1.00 bits per heavy atom. The molecule has 2 N–H and O–H groups in total. The van der Waals surface area contributed by atoms with Gasteiger partial charge in [0.25, 0.3) is 0 Å². The maximum Gasteiger partial charge on any atom is 0.387 e. The largest absolute Gasteiger partial charge is 0.435 e. The molecule has 9 heteroatoms. The summed E-state index contributed by atoms with van der Waals surface area (Å²) >= 11 is 0. The average molecular weight is 382 g/mol. The van der Waals surface area contributed by atoms with Gasteiger partial charge in [0.15, 0.2) is 0 Å². The number of carbonyl (C=O) groups is 2. The van der Waals surface area contributed by atoms with Gasteiger partial charge in [0, 0.05) is 19.1 Å². The summed E-state index contributed by atoms with van der Waals surface area (Å²) in [7, 11) is 0. The van der Waals surface area contributed by atoms with Crippen molar-refractivity contribution in [2.45, 2.75) is 13.5 Å². The van der Waals surface area contributed by atoms with Crippen LogP contribution in [0.1, 0.15) is 12.5 Å². The molecule has 0 heterocycles. The lowest BCUT2D eigenvalue weighted by atomic mass is 10.2. The second-order valence-electron chi connectivity index (χ2n) is 5.26. The first-order chi connectivity index (χ1) is 12.7. The van der Waals surface area contributed by atoms with Gasteiger partial charge in [-0.3, -0.25) is 9.59 Å². The second kappa shape index (κ2) is 8.84. The van der Waals surface area contributed by atoms with Crippen LogP contribution < -0.4 is 15.4 Å². The van der Waals surface area contributed by atoms with E-state index in [1.54, 1.807) is 0 Å². The third-order valence-electron chi connectivity index (χ3n) is 3.16. The number of rotatable bonds is 6. The summed E-state index contributed by atoms with van der Waals surface area (Å²) in [5, 5.41) is 4.39. The Kier molecular flexibility index (Phi) is 6.53. The molecule has 2 aromatic carbocycles. The van der Waals surface area contributed by atoms with Crippen LogP contribution in [0.15, 0.2) is 42.5 Å². The van der Waals surface area contributed by atoms with E-state index in [4.69, 9.17) is 0 Å². The van der Waals surface area contributed by atoms with Crippen molar-refractivity contribution in [3.63, 3.8) is 0 Å². The fraction of sp³-hybridized carbons (Fsp3) is 0.111. The number of ether oxygens (including phenoxy) is 1. The number of hydrogen-bond acceptors (Lipinski definition) is 3. The smallest absolute Gasteiger partial charge is 0.387 e. The topological polar surface area (TPSA) is 67.4 Å². The molecule has 27 heavy (non-hydrogen) atoms. The van der Waals surface area contributed by atoms with Crippen LogP contribution in [-0.2, 0) is 9.59 Å². The van der Waals surface area contributed by atoms with Gasteiger partial charge in [-0.2, -0.15) is 8.78 Å². The lowest BCUT2D eigenvalue weighted by Crippen LogP contribution is -2.12. The summed E-state index contributed by atoms with van der Waals surface area (Å²) < 4.78 is 55.7. The Hall–Kier alpha value is -3.36. The summed E-state index contributed by atoms with van der Waals surface area (Å²) in [6, 6.07) is 6.95. The minimum atomic E-state index is -2.94. The molecule has 0 aliphatic rings. The SMILES string of the molecule is CC(=O)Nc1cc(NC(=O)/C=C/c2ccc(OC(F)F)cc2)c(F)cc1F. The van der Waals surface area contributed by atoms with Crippen LogP contribution in [0, 0.1) is 11.6 Å². The minimum absolute atomic E-state index is 0.0366. The average Bonchev–Trinajstić information content (AvgIpc) is 2.57. The van der Waals surface area contributed by atoms with E-state index in [1.807, 2.05) is 0 Å². The molecule has 0 aliphatic heterocycles. The highest BCUT2D eigenvalue weighted by Crippen LogP contribution is 2.23. The van der Waals surface area contributed by atoms with Crippen molar-refractivity contribution in [1.82, 2.24) is 0 Å². The van der Waals surface area contributed by atoms with Crippen molar-refractivity contribution in [3.8, 4) is 5.75 Å². The number of carbonyl (C=O) groups excluding carboxylic acids is 2. The van der Waals surface area contributed by atoms with Gasteiger partial charge >= 0.3 is 6.61 Å². The first kappa shape index (κ1) is 20.0. The highest BCUT2D eigenvalue weighted by atomic mass is 19.3. The van der Waals surface area contributed by atoms with Gasteiger partial charge in [-0.1, -0.05) is 12.1 Å². The summed E-state index contributed by atoms with van der Waals surface area (Å²) in [5.41, 5.74) is -0.0986. The minimum Gasteiger partial charge on any atom is -0.435 e. The molecule has 142 valence electrons. The molecule has 0 spiro atoms. The van der Waals surface area contributed by atoms with Gasteiger partial charge < -0.3 is 15.4 Å². The monoisotopic (exact) mass is 382 g/mol. The molecule has 0 radical (unpaired) electrons. The van der Waals surface area contributed by atoms with Crippen LogP contribution >= 0.6 is 0 Å². The quantitative estimate of drug-likeness (QED) is 0.582. The number of halogens is 4. The van der Waals surface area contributed by atoms with E-state index in [-0.39, 0.29) is 17.1 Å². The van der Waals surface area contributed by atoms with E-state index in [1.165, 1.54) is 30.3 Å². The molecular weight excluding hydrogens is 368 g/mol. The second-order valence-corrected chi connectivity index (χ2v) is 5.26. The van der Waals surface area contributed by atoms with E-state index >= 15 is 0 Å². The van der Waals surface area contributed by atoms with Crippen molar-refractivity contribution < 1.29 is 31.9 Å². The predicted octanol–water partition coefficient (Wildman–Crippen LogP) is 4.18. The Morgan fingerprint density at radius 2 is 1.59 bits per heavy atom. The number of benzene rings is 2. The zero-order valence-corrected chi connectivity index (χ0v) is 13.9. The van der Waals surface area contributed by atoms with Crippen molar-refractivity contribution in [2.75, 3.05) is 10.6 Å². The van der Waals surface area contributed by atoms with E-state index < -0.39 is 30.1 Å². The van der Waals surface area contributed by atoms with E-state index in [2.05, 4.69) is 15.4 Å². The summed E-state index contributed by atoms with van der Waals surface area (Å²) in [6.45, 7) is -1.79. The first-order valence-electron chi connectivity index (χ1n) is 7.55. The molecule has 0 atom stereocenters. The molecule has 0 fully saturated rings. The predicted molar refractivity (Wildman–Crippen MR) is 91.4 cm³/mol. The third kappa shape index (κ3) is 6.14. The maximum absolute atomic E-state index is 13.8. The fourth-order valence-electron chi connectivity index (χ4n) is 2.04. The Morgan fingerprint density at radius 3 is 2.15 bits per heavy atom. The molecule has 2 aromatic rings. The fourth-order valence-corrected chi connectivity index (χ4v) is 2.04. The highest BCUT2D eigenvalue weighted by Gasteiger charge is 2.12. The normalized spacial score (nSPS) is 10.9. The molecule has 2 rings (SSSR count). The van der Waals surface area contributed by atoms with Crippen LogP contribution in [-0.4, -0.2) is 18.4 Å². The van der Waals surface area contributed by atoms with E-state index in [0.29, 0.717) is 11.6 Å². The lowest BCUT2D eigenvalue weighted by Gasteiger charge is -2.09. The molecule has 2 amide bonds. The molecule has 0 bridgehead atoms. The van der Waals surface area contributed by atoms with Gasteiger partial charge in [-0.05, 0) is 29.8 Å². The first-order valence-corrected chi connectivity index (χ1v) is 7.55. The number of amides is 2. The van der Waals surface area contributed by atoms with Crippen molar-refractivity contribution in [1.29, 1.82) is 0 Å². The van der Waals surface area contributed by atoms with Crippen LogP contribution in [0.3, 0.4) is 0 Å². The summed E-state index contributed by atoms with van der Waals surface area (Å²) in [6.07, 6.45) is 2.43. The van der Waals surface area contributed by atoms with Gasteiger partial charge in [-0.15, -0.1) is 0 Å². The third-order valence-corrected chi connectivity index (χ3v) is 3.16. The lowest BCUT2D eigenvalue weighted by molar-refractivity contribution is -0.114. The number of nitrogens with one attached hydrogen (secondary N) is 2. The van der Waals surface area contributed by atoms with Gasteiger partial charge in [-0.25, -0.2) is 8.78 Å².